The van der Waals surface area contributed by atoms with Crippen LogP contribution in [0.4, 0.5) is 0 Å². The summed E-state index contributed by atoms with van der Waals surface area (Å²) in [5.74, 6) is 0.297. The Balaban J connectivity index is 3.47. The zero-order chi connectivity index (χ0) is 9.61. The number of sulfonamides is 1. The first-order chi connectivity index (χ1) is 5.45. The lowest BCUT2D eigenvalue weighted by Gasteiger charge is -2.04. The van der Waals surface area contributed by atoms with Gasteiger partial charge in [-0.3, -0.25) is 4.99 Å². The van der Waals surface area contributed by atoms with Crippen molar-refractivity contribution >= 4 is 16.0 Å². The molecule has 0 rings (SSSR count). The molecule has 0 aliphatic rings. The van der Waals surface area contributed by atoms with E-state index in [4.69, 9.17) is 5.73 Å². The van der Waals surface area contributed by atoms with E-state index in [-0.39, 0.29) is 0 Å². The summed E-state index contributed by atoms with van der Waals surface area (Å²) in [6.45, 7) is 0.727. The summed E-state index contributed by atoms with van der Waals surface area (Å²) in [6.07, 6.45) is 1.10. The molecule has 0 bridgehead atoms. The Kier molecular flexibility index (Phi) is 4.60. The Labute approximate surface area is 72.3 Å². The predicted molar refractivity (Wildman–Crippen MR) is 48.4 cm³/mol. The van der Waals surface area contributed by atoms with Gasteiger partial charge in [0.1, 0.15) is 0 Å². The van der Waals surface area contributed by atoms with Crippen molar-refractivity contribution in [1.82, 2.24) is 10.0 Å². The number of guanidine groups is 1. The summed E-state index contributed by atoms with van der Waals surface area (Å²) in [6, 6.07) is 0. The summed E-state index contributed by atoms with van der Waals surface area (Å²) in [4.78, 5) is 3.63. The van der Waals surface area contributed by atoms with Crippen molar-refractivity contribution < 1.29 is 8.42 Å². The van der Waals surface area contributed by atoms with Crippen LogP contribution in [0.1, 0.15) is 0 Å². The summed E-state index contributed by atoms with van der Waals surface area (Å²) >= 11 is 0. The zero-order valence-electron chi connectivity index (χ0n) is 7.16. The van der Waals surface area contributed by atoms with Gasteiger partial charge in [0.05, 0.1) is 6.26 Å². The van der Waals surface area contributed by atoms with Gasteiger partial charge >= 0.3 is 0 Å². The van der Waals surface area contributed by atoms with Gasteiger partial charge in [-0.05, 0) is 0 Å². The average molecular weight is 194 g/mol. The van der Waals surface area contributed by atoms with E-state index >= 15 is 0 Å². The van der Waals surface area contributed by atoms with Gasteiger partial charge < -0.3 is 11.1 Å². The third kappa shape index (κ3) is 7.29. The summed E-state index contributed by atoms with van der Waals surface area (Å²) in [5, 5.41) is 2.71. The number of hydrogen-bond donors (Lipinski definition) is 3. The Hall–Kier alpha value is -0.820. The summed E-state index contributed by atoms with van der Waals surface area (Å²) < 4.78 is 23.4. The molecule has 0 heterocycles. The summed E-state index contributed by atoms with van der Waals surface area (Å²) in [5.41, 5.74) is 5.28. The maximum absolute atomic E-state index is 10.5. The fraction of sp³-hybridized carbons (Fsp3) is 0.800. The topological polar surface area (TPSA) is 96.6 Å². The van der Waals surface area contributed by atoms with Crippen molar-refractivity contribution in [2.45, 2.75) is 0 Å². The molecule has 4 N–H and O–H groups in total. The first-order valence-electron chi connectivity index (χ1n) is 3.36. The molecule has 0 aromatic rings. The normalized spacial score (nSPS) is 13.0. The monoisotopic (exact) mass is 194 g/mol. The van der Waals surface area contributed by atoms with Crippen molar-refractivity contribution in [2.75, 3.05) is 26.4 Å². The Morgan fingerprint density at radius 3 is 2.50 bits per heavy atom. The van der Waals surface area contributed by atoms with E-state index in [9.17, 15) is 8.42 Å². The minimum absolute atomic E-state index is 0.297. The van der Waals surface area contributed by atoms with Crippen LogP contribution in [0.25, 0.3) is 0 Å². The molecule has 0 aliphatic heterocycles. The second-order valence-electron chi connectivity index (χ2n) is 2.20. The molecule has 0 unspecified atom stereocenters. The van der Waals surface area contributed by atoms with Crippen LogP contribution in [-0.4, -0.2) is 40.8 Å². The van der Waals surface area contributed by atoms with Crippen LogP contribution in [0.3, 0.4) is 0 Å². The number of nitrogens with one attached hydrogen (secondary N) is 2. The van der Waals surface area contributed by atoms with E-state index < -0.39 is 10.0 Å². The predicted octanol–water partition coefficient (Wildman–Crippen LogP) is -1.93. The van der Waals surface area contributed by atoms with Gasteiger partial charge in [0.15, 0.2) is 5.96 Å². The zero-order valence-corrected chi connectivity index (χ0v) is 7.98. The van der Waals surface area contributed by atoms with Crippen LogP contribution in [0, 0.1) is 0 Å². The Bertz CT molecular complexity index is 246. The van der Waals surface area contributed by atoms with E-state index in [2.05, 4.69) is 15.0 Å². The highest BCUT2D eigenvalue weighted by molar-refractivity contribution is 7.88. The summed E-state index contributed by atoms with van der Waals surface area (Å²) in [7, 11) is -1.55. The molecule has 12 heavy (non-hydrogen) atoms. The lowest BCUT2D eigenvalue weighted by Crippen LogP contribution is -2.37. The molecular weight excluding hydrogens is 180 g/mol. The van der Waals surface area contributed by atoms with Crippen LogP contribution >= 0.6 is 0 Å². The second-order valence-corrected chi connectivity index (χ2v) is 4.04. The number of nitrogens with zero attached hydrogens (tertiary/aromatic N) is 1. The molecular formula is C5H14N4O2S. The van der Waals surface area contributed by atoms with Gasteiger partial charge in [-0.15, -0.1) is 0 Å². The lowest BCUT2D eigenvalue weighted by molar-refractivity contribution is 0.587. The van der Waals surface area contributed by atoms with Crippen molar-refractivity contribution in [1.29, 1.82) is 0 Å². The van der Waals surface area contributed by atoms with E-state index in [0.717, 1.165) is 6.26 Å². The van der Waals surface area contributed by atoms with Crippen molar-refractivity contribution in [3.05, 3.63) is 0 Å². The molecule has 0 amide bonds. The standard InChI is InChI=1S/C5H14N4O2S/c1-7-5(6)8-3-4-9-12(2,10)11/h9H,3-4H2,1-2H3,(H3,6,7,8). The van der Waals surface area contributed by atoms with E-state index in [1.807, 2.05) is 0 Å². The Morgan fingerprint density at radius 2 is 2.08 bits per heavy atom. The molecule has 0 atom stereocenters. The SMILES string of the molecule is CN=C(N)NCCNS(C)(=O)=O. The molecule has 72 valence electrons. The van der Waals surface area contributed by atoms with Crippen LogP contribution in [0.15, 0.2) is 4.99 Å². The van der Waals surface area contributed by atoms with Crippen LogP contribution < -0.4 is 15.8 Å². The van der Waals surface area contributed by atoms with Gasteiger partial charge in [-0.1, -0.05) is 0 Å². The maximum atomic E-state index is 10.5. The molecule has 6 nitrogen and oxygen atoms in total. The number of aliphatic imine (C=N–C) groups is 1. The van der Waals surface area contributed by atoms with Crippen LogP contribution in [0.2, 0.25) is 0 Å². The van der Waals surface area contributed by atoms with E-state index in [0.29, 0.717) is 19.0 Å². The van der Waals surface area contributed by atoms with Gasteiger partial charge in [0, 0.05) is 20.1 Å². The second kappa shape index (κ2) is 4.94. The molecule has 0 radical (unpaired) electrons. The first-order valence-corrected chi connectivity index (χ1v) is 5.25. The first kappa shape index (κ1) is 11.2. The van der Waals surface area contributed by atoms with Gasteiger partial charge in [-0.2, -0.15) is 0 Å². The minimum Gasteiger partial charge on any atom is -0.370 e. The number of nitrogens with two attached hydrogens (primary N) is 1. The average Bonchev–Trinajstić information content (AvgIpc) is 1.96. The molecule has 0 aliphatic carbocycles. The highest BCUT2D eigenvalue weighted by Gasteiger charge is 1.97. The van der Waals surface area contributed by atoms with E-state index in [1.54, 1.807) is 7.05 Å². The molecule has 0 saturated carbocycles. The molecule has 0 saturated heterocycles. The minimum atomic E-state index is -3.10. The fourth-order valence-electron chi connectivity index (χ4n) is 0.506. The molecule has 0 spiro atoms. The van der Waals surface area contributed by atoms with Gasteiger partial charge in [-0.25, -0.2) is 13.1 Å². The fourth-order valence-corrected chi connectivity index (χ4v) is 0.979. The quantitative estimate of drug-likeness (QED) is 0.276. The third-order valence-corrected chi connectivity index (χ3v) is 1.76. The smallest absolute Gasteiger partial charge is 0.208 e. The van der Waals surface area contributed by atoms with Crippen LogP contribution in [-0.2, 0) is 10.0 Å². The third-order valence-electron chi connectivity index (χ3n) is 1.04. The van der Waals surface area contributed by atoms with Gasteiger partial charge in [0.2, 0.25) is 10.0 Å². The maximum Gasteiger partial charge on any atom is 0.208 e. The highest BCUT2D eigenvalue weighted by Crippen LogP contribution is 1.70. The molecule has 7 heteroatoms. The Morgan fingerprint density at radius 1 is 1.50 bits per heavy atom. The molecule has 0 aromatic carbocycles. The van der Waals surface area contributed by atoms with Crippen LogP contribution in [0.5, 0.6) is 0 Å². The highest BCUT2D eigenvalue weighted by atomic mass is 32.2. The largest absolute Gasteiger partial charge is 0.370 e. The van der Waals surface area contributed by atoms with E-state index in [1.165, 1.54) is 0 Å². The van der Waals surface area contributed by atoms with Crippen molar-refractivity contribution in [2.24, 2.45) is 10.7 Å². The number of hydrogen-bond acceptors (Lipinski definition) is 3. The molecule has 0 fully saturated rings. The van der Waals surface area contributed by atoms with Gasteiger partial charge in [0.25, 0.3) is 0 Å². The van der Waals surface area contributed by atoms with Crippen molar-refractivity contribution in [3.8, 4) is 0 Å². The lowest BCUT2D eigenvalue weighted by atomic mass is 10.6. The number of rotatable bonds is 4. The van der Waals surface area contributed by atoms with Crippen molar-refractivity contribution in [3.63, 3.8) is 0 Å². The molecule has 0 aromatic heterocycles.